The molecule has 0 aromatic heterocycles. The van der Waals surface area contributed by atoms with E-state index in [0.717, 1.165) is 0 Å². The van der Waals surface area contributed by atoms with Gasteiger partial charge < -0.3 is 17.2 Å². The molecule has 0 aliphatic carbocycles. The van der Waals surface area contributed by atoms with E-state index in [4.69, 9.17) is 0 Å². The predicted octanol–water partition coefficient (Wildman–Crippen LogP) is 1.06. The maximum atomic E-state index is 2.22. The summed E-state index contributed by atoms with van der Waals surface area (Å²) in [5.74, 6) is 0. The molecule has 0 unspecified atom stereocenters. The fraction of sp³-hybridized carbons (Fsp3) is 0. The van der Waals surface area contributed by atoms with Gasteiger partial charge in [0.25, 0.3) is 0 Å². The summed E-state index contributed by atoms with van der Waals surface area (Å²) in [6.45, 7) is 0. The van der Waals surface area contributed by atoms with Gasteiger partial charge in [0.1, 0.15) is 0 Å². The third-order valence-corrected chi connectivity index (χ3v) is 7.01. The van der Waals surface area contributed by atoms with E-state index in [1.807, 2.05) is 0 Å². The van der Waals surface area contributed by atoms with Gasteiger partial charge >= 0.3 is 37.7 Å². The van der Waals surface area contributed by atoms with Crippen LogP contribution in [0.15, 0.2) is 121 Å². The van der Waals surface area contributed by atoms with Crippen molar-refractivity contribution < 1.29 is 37.7 Å². The van der Waals surface area contributed by atoms with Gasteiger partial charge in [-0.2, -0.15) is 0 Å². The Morgan fingerprint density at radius 2 is 0.633 bits per heavy atom. The van der Waals surface area contributed by atoms with Crippen molar-refractivity contribution in [1.29, 1.82) is 0 Å². The molecule has 4 aromatic rings. The first-order valence-corrected chi connectivity index (χ1v) is 11.1. The van der Waals surface area contributed by atoms with Crippen LogP contribution in [0.3, 0.4) is 0 Å². The van der Waals surface area contributed by atoms with Gasteiger partial charge in [0, 0.05) is 0 Å². The van der Waals surface area contributed by atoms with Crippen molar-refractivity contribution in [3.63, 3.8) is 0 Å². The Morgan fingerprint density at radius 3 is 0.933 bits per heavy atom. The molecule has 0 aliphatic rings. The van der Waals surface area contributed by atoms with Crippen molar-refractivity contribution in [3.8, 4) is 0 Å². The van der Waals surface area contributed by atoms with E-state index < -0.39 is 0 Å². The van der Waals surface area contributed by atoms with E-state index in [0.29, 0.717) is 0 Å². The maximum Gasteiger partial charge on any atom is 1.00 e. The van der Waals surface area contributed by atoms with Gasteiger partial charge in [0.2, 0.25) is 0 Å². The monoisotopic (exact) mass is 408 g/mol. The molecule has 136 valence electrons. The molecule has 0 radical (unpaired) electrons. The van der Waals surface area contributed by atoms with E-state index in [1.165, 1.54) is 49.5 Å². The van der Waals surface area contributed by atoms with Gasteiger partial charge in [-0.1, -0.05) is 132 Å². The SMILES string of the molecule is [Li+].[Li+].c1ccc([P-]/C(=C(\[P-]c2ccccc2)c2ccccc2)c2ccccc2)cc1. The average Bonchev–Trinajstić information content (AvgIpc) is 2.79. The first kappa shape index (κ1) is 24.9. The van der Waals surface area contributed by atoms with Crippen molar-refractivity contribution in [1.82, 2.24) is 0 Å². The van der Waals surface area contributed by atoms with E-state index >= 15 is 0 Å². The summed E-state index contributed by atoms with van der Waals surface area (Å²) in [6.07, 6.45) is 0. The summed E-state index contributed by atoms with van der Waals surface area (Å²) in [5, 5.41) is 5.31. The van der Waals surface area contributed by atoms with Gasteiger partial charge in [-0.05, 0) is 0 Å². The number of hydrogen-bond acceptors (Lipinski definition) is 0. The zero-order valence-electron chi connectivity index (χ0n) is 17.4. The summed E-state index contributed by atoms with van der Waals surface area (Å²) in [6, 6.07) is 42.9. The van der Waals surface area contributed by atoms with Crippen molar-refractivity contribution in [2.75, 3.05) is 0 Å². The molecule has 0 fully saturated rings. The molecule has 4 heteroatoms. The van der Waals surface area contributed by atoms with Crippen LogP contribution in [0.25, 0.3) is 10.6 Å². The standard InChI is InChI=1S/C26H20P2.2Li/c1-5-13-21(14-6-1)25(27-23-17-9-3-10-18-23)26(22-15-7-2-8-16-22)28-24-19-11-4-12-20-24;;/h1-20H;;/q-2;2*+1/b26-25-;;. The Balaban J connectivity index is 0.00000160. The van der Waals surface area contributed by atoms with Crippen LogP contribution in [0.4, 0.5) is 0 Å². The van der Waals surface area contributed by atoms with Crippen LogP contribution in [0.2, 0.25) is 0 Å². The normalized spacial score (nSPS) is 11.7. The van der Waals surface area contributed by atoms with E-state index in [1.54, 1.807) is 0 Å². The molecule has 4 rings (SSSR count). The zero-order chi connectivity index (χ0) is 19.0. The van der Waals surface area contributed by atoms with Gasteiger partial charge in [0.15, 0.2) is 0 Å². The molecular formula is C26H20Li2P2. The molecule has 4 aromatic carbocycles. The maximum absolute atomic E-state index is 2.22. The Labute approximate surface area is 207 Å². The van der Waals surface area contributed by atoms with Crippen molar-refractivity contribution >= 4 is 38.4 Å². The second kappa shape index (κ2) is 13.2. The second-order valence-corrected chi connectivity index (χ2v) is 8.70. The molecule has 0 aliphatic heterocycles. The Hall–Kier alpha value is -1.33. The third kappa shape index (κ3) is 6.85. The molecule has 0 spiro atoms. The van der Waals surface area contributed by atoms with Crippen LogP contribution in [0.1, 0.15) is 11.1 Å². The molecule has 0 heterocycles. The largest absolute Gasteiger partial charge is 1.00 e. The Bertz CT molecular complexity index is 948. The van der Waals surface area contributed by atoms with E-state index in [2.05, 4.69) is 121 Å². The molecule has 0 bridgehead atoms. The van der Waals surface area contributed by atoms with Crippen molar-refractivity contribution in [2.24, 2.45) is 0 Å². The molecule has 0 N–H and O–H groups in total. The zero-order valence-corrected chi connectivity index (χ0v) is 19.2. The van der Waals surface area contributed by atoms with Crippen LogP contribution in [-0.2, 0) is 0 Å². The summed E-state index contributed by atoms with van der Waals surface area (Å²) < 4.78 is 0. The van der Waals surface area contributed by atoms with Crippen LogP contribution in [-0.4, -0.2) is 0 Å². The number of rotatable bonds is 6. The molecule has 0 nitrogen and oxygen atoms in total. The molecule has 0 atom stereocenters. The van der Waals surface area contributed by atoms with Gasteiger partial charge in [-0.3, -0.25) is 0 Å². The van der Waals surface area contributed by atoms with Crippen LogP contribution in [0.5, 0.6) is 0 Å². The number of benzene rings is 4. The van der Waals surface area contributed by atoms with Crippen molar-refractivity contribution in [3.05, 3.63) is 132 Å². The number of hydrogen-bond donors (Lipinski definition) is 0. The third-order valence-electron chi connectivity index (χ3n) is 4.31. The van der Waals surface area contributed by atoms with Gasteiger partial charge in [0.05, 0.1) is 0 Å². The Morgan fingerprint density at radius 1 is 0.367 bits per heavy atom. The van der Waals surface area contributed by atoms with E-state index in [9.17, 15) is 0 Å². The average molecular weight is 408 g/mol. The van der Waals surface area contributed by atoms with Crippen LogP contribution < -0.4 is 48.3 Å². The van der Waals surface area contributed by atoms with Gasteiger partial charge in [-0.25, -0.2) is 21.2 Å². The quantitative estimate of drug-likeness (QED) is 0.254. The minimum absolute atomic E-state index is 0. The van der Waals surface area contributed by atoms with Crippen molar-refractivity contribution in [2.45, 2.75) is 0 Å². The molecule has 0 saturated carbocycles. The molecule has 30 heavy (non-hydrogen) atoms. The van der Waals surface area contributed by atoms with Gasteiger partial charge in [-0.15, -0.1) is 0 Å². The molecule has 0 amide bonds. The minimum atomic E-state index is 0. The summed E-state index contributed by atoms with van der Waals surface area (Å²) >= 11 is 0. The molecular weight excluding hydrogens is 388 g/mol. The summed E-state index contributed by atoms with van der Waals surface area (Å²) in [5.41, 5.74) is 2.55. The summed E-state index contributed by atoms with van der Waals surface area (Å²) in [4.78, 5) is 0. The smallest absolute Gasteiger partial charge is 0.474 e. The fourth-order valence-corrected chi connectivity index (χ4v) is 5.45. The minimum Gasteiger partial charge on any atom is -0.474 e. The topological polar surface area (TPSA) is 0 Å². The predicted molar refractivity (Wildman–Crippen MR) is 126 cm³/mol. The second-order valence-electron chi connectivity index (χ2n) is 6.32. The summed E-state index contributed by atoms with van der Waals surface area (Å²) in [7, 11) is 2.44. The Kier molecular flexibility index (Phi) is 10.9. The fourth-order valence-electron chi connectivity index (χ4n) is 2.96. The van der Waals surface area contributed by atoms with E-state index in [-0.39, 0.29) is 37.7 Å². The molecule has 0 saturated heterocycles. The van der Waals surface area contributed by atoms with Crippen LogP contribution >= 0.6 is 17.2 Å². The first-order chi connectivity index (χ1) is 13.9. The van der Waals surface area contributed by atoms with Crippen LogP contribution in [0, 0.1) is 0 Å². The first-order valence-electron chi connectivity index (χ1n) is 9.29.